The highest BCUT2D eigenvalue weighted by Crippen LogP contribution is 2.46. The van der Waals surface area contributed by atoms with Crippen LogP contribution in [0.1, 0.15) is 33.4 Å². The van der Waals surface area contributed by atoms with Crippen LogP contribution in [0.3, 0.4) is 0 Å². The van der Waals surface area contributed by atoms with Gasteiger partial charge in [-0.15, -0.1) is 0 Å². The van der Waals surface area contributed by atoms with Crippen molar-refractivity contribution in [1.82, 2.24) is 4.90 Å². The van der Waals surface area contributed by atoms with E-state index in [9.17, 15) is 18.4 Å². The zero-order valence-corrected chi connectivity index (χ0v) is 19.3. The van der Waals surface area contributed by atoms with E-state index in [1.807, 2.05) is 0 Å². The second-order valence-corrected chi connectivity index (χ2v) is 8.18. The lowest BCUT2D eigenvalue weighted by atomic mass is 9.79. The minimum Gasteiger partial charge on any atom is -0.493 e. The summed E-state index contributed by atoms with van der Waals surface area (Å²) >= 11 is 5.87. The molecule has 0 bridgehead atoms. The maximum absolute atomic E-state index is 14.9. The third-order valence-electron chi connectivity index (χ3n) is 5.87. The van der Waals surface area contributed by atoms with E-state index in [1.165, 1.54) is 62.6 Å². The average Bonchev–Trinajstić information content (AvgIpc) is 2.83. The van der Waals surface area contributed by atoms with Crippen molar-refractivity contribution in [3.05, 3.63) is 87.9 Å². The molecule has 9 heteroatoms. The molecular formula is C25H21ClF2N2O4. The number of methoxy groups -OCH3 is 2. The normalized spacial score (nSPS) is 17.2. The van der Waals surface area contributed by atoms with Crippen molar-refractivity contribution in [2.24, 2.45) is 0 Å². The van der Waals surface area contributed by atoms with E-state index in [0.29, 0.717) is 17.1 Å². The molecule has 2 amide bonds. The number of anilines is 1. The number of nitrogens with one attached hydrogen (secondary N) is 1. The standard InChI is InChI=1S/C25H21ClF2N2O4/c1-30-23(14-6-4-5-7-18(14)27)22(24(31)29-13-8-9-19(28)17(26)10-13)15-11-20(33-2)21(34-3)12-16(15)25(30)32/h4-12,22-23H,1-3H3,(H,29,31)/t22-,23+/m0/s1. The number of likely N-dealkylation sites (N-methyl/N-ethyl adjacent to an activating group) is 1. The second kappa shape index (κ2) is 9.30. The summed E-state index contributed by atoms with van der Waals surface area (Å²) in [5, 5.41) is 2.56. The largest absolute Gasteiger partial charge is 0.493 e. The quantitative estimate of drug-likeness (QED) is 0.539. The first-order valence-electron chi connectivity index (χ1n) is 10.3. The number of nitrogens with zero attached hydrogens (tertiary/aromatic N) is 1. The first-order chi connectivity index (χ1) is 16.3. The molecule has 0 fully saturated rings. The Bertz CT molecular complexity index is 1280. The van der Waals surface area contributed by atoms with E-state index in [-0.39, 0.29) is 21.8 Å². The molecule has 0 saturated carbocycles. The fourth-order valence-corrected chi connectivity index (χ4v) is 4.41. The molecule has 0 aromatic heterocycles. The summed E-state index contributed by atoms with van der Waals surface area (Å²) in [4.78, 5) is 28.3. The van der Waals surface area contributed by atoms with Gasteiger partial charge in [0.15, 0.2) is 11.5 Å². The van der Waals surface area contributed by atoms with Crippen LogP contribution in [0.2, 0.25) is 5.02 Å². The number of carbonyl (C=O) groups excluding carboxylic acids is 2. The molecule has 6 nitrogen and oxygen atoms in total. The molecule has 0 spiro atoms. The van der Waals surface area contributed by atoms with Gasteiger partial charge in [0, 0.05) is 23.9 Å². The Morgan fingerprint density at radius 3 is 2.29 bits per heavy atom. The number of carbonyl (C=O) groups is 2. The number of hydrogen-bond acceptors (Lipinski definition) is 4. The molecule has 176 valence electrons. The molecule has 2 atom stereocenters. The highest BCUT2D eigenvalue weighted by molar-refractivity contribution is 6.31. The van der Waals surface area contributed by atoms with Crippen molar-refractivity contribution in [2.45, 2.75) is 12.0 Å². The SMILES string of the molecule is COc1cc2c(cc1OC)[C@H](C(=O)Nc1ccc(F)c(Cl)c1)[C@@H](c1ccccc1F)N(C)C2=O. The number of benzene rings is 3. The van der Waals surface area contributed by atoms with Crippen LogP contribution in [0, 0.1) is 11.6 Å². The smallest absolute Gasteiger partial charge is 0.254 e. The highest BCUT2D eigenvalue weighted by atomic mass is 35.5. The molecule has 34 heavy (non-hydrogen) atoms. The summed E-state index contributed by atoms with van der Waals surface area (Å²) in [7, 11) is 4.38. The molecule has 1 aliphatic rings. The Labute approximate surface area is 200 Å². The molecule has 0 saturated heterocycles. The van der Waals surface area contributed by atoms with E-state index < -0.39 is 35.4 Å². The van der Waals surface area contributed by atoms with Gasteiger partial charge in [-0.1, -0.05) is 29.8 Å². The number of fused-ring (bicyclic) bond motifs is 1. The molecule has 3 aromatic rings. The van der Waals surface area contributed by atoms with Crippen LogP contribution < -0.4 is 14.8 Å². The van der Waals surface area contributed by atoms with E-state index in [0.717, 1.165) is 6.07 Å². The van der Waals surface area contributed by atoms with Gasteiger partial charge in [-0.05, 0) is 42.0 Å². The Morgan fingerprint density at radius 1 is 0.971 bits per heavy atom. The zero-order chi connectivity index (χ0) is 24.6. The van der Waals surface area contributed by atoms with E-state index in [2.05, 4.69) is 5.32 Å². The van der Waals surface area contributed by atoms with Crippen LogP contribution in [0.25, 0.3) is 0 Å². The predicted octanol–water partition coefficient (Wildman–Crippen LogP) is 5.18. The van der Waals surface area contributed by atoms with Crippen LogP contribution in [-0.4, -0.2) is 38.0 Å². The second-order valence-electron chi connectivity index (χ2n) is 7.77. The lowest BCUT2D eigenvalue weighted by molar-refractivity contribution is -0.119. The maximum Gasteiger partial charge on any atom is 0.254 e. The molecule has 0 radical (unpaired) electrons. The van der Waals surface area contributed by atoms with E-state index >= 15 is 0 Å². The Kier molecular flexibility index (Phi) is 6.43. The predicted molar refractivity (Wildman–Crippen MR) is 124 cm³/mol. The molecule has 0 unspecified atom stereocenters. The van der Waals surface area contributed by atoms with Crippen LogP contribution in [0.4, 0.5) is 14.5 Å². The van der Waals surface area contributed by atoms with Gasteiger partial charge in [0.2, 0.25) is 5.91 Å². The van der Waals surface area contributed by atoms with Gasteiger partial charge in [0.25, 0.3) is 5.91 Å². The maximum atomic E-state index is 14.9. The summed E-state index contributed by atoms with van der Waals surface area (Å²) in [6.07, 6.45) is 0. The van der Waals surface area contributed by atoms with Crippen molar-refractivity contribution in [3.63, 3.8) is 0 Å². The lowest BCUT2D eigenvalue weighted by Gasteiger charge is -2.40. The first kappa shape index (κ1) is 23.5. The minimum absolute atomic E-state index is 0.161. The van der Waals surface area contributed by atoms with E-state index in [4.69, 9.17) is 21.1 Å². The lowest BCUT2D eigenvalue weighted by Crippen LogP contribution is -2.44. The van der Waals surface area contributed by atoms with Crippen LogP contribution in [0.15, 0.2) is 54.6 Å². The fourth-order valence-electron chi connectivity index (χ4n) is 4.23. The minimum atomic E-state index is -1.03. The fraction of sp³-hybridized carbons (Fsp3) is 0.200. The highest BCUT2D eigenvalue weighted by Gasteiger charge is 2.44. The molecule has 0 aliphatic carbocycles. The number of rotatable bonds is 5. The molecule has 1 N–H and O–H groups in total. The molecule has 4 rings (SSSR count). The van der Waals surface area contributed by atoms with Gasteiger partial charge < -0.3 is 19.7 Å². The van der Waals surface area contributed by atoms with Crippen molar-refractivity contribution in [3.8, 4) is 11.5 Å². The topological polar surface area (TPSA) is 67.9 Å². The van der Waals surface area contributed by atoms with Crippen molar-refractivity contribution < 1.29 is 27.8 Å². The Morgan fingerprint density at radius 2 is 1.65 bits per heavy atom. The van der Waals surface area contributed by atoms with Gasteiger partial charge in [0.05, 0.1) is 31.2 Å². The molecular weight excluding hydrogens is 466 g/mol. The monoisotopic (exact) mass is 486 g/mol. The number of hydrogen-bond donors (Lipinski definition) is 1. The summed E-state index contributed by atoms with van der Waals surface area (Å²) in [5.41, 5.74) is 1.01. The Balaban J connectivity index is 1.89. The van der Waals surface area contributed by atoms with Crippen molar-refractivity contribution in [1.29, 1.82) is 0 Å². The molecule has 1 aliphatic heterocycles. The zero-order valence-electron chi connectivity index (χ0n) is 18.6. The summed E-state index contributed by atoms with van der Waals surface area (Å²) in [6.45, 7) is 0. The van der Waals surface area contributed by atoms with Gasteiger partial charge in [-0.2, -0.15) is 0 Å². The number of ether oxygens (including phenoxy) is 2. The van der Waals surface area contributed by atoms with Gasteiger partial charge in [-0.3, -0.25) is 9.59 Å². The molecule has 3 aromatic carbocycles. The summed E-state index contributed by atoms with van der Waals surface area (Å²) in [6, 6.07) is 11.8. The van der Waals surface area contributed by atoms with Crippen LogP contribution in [0.5, 0.6) is 11.5 Å². The van der Waals surface area contributed by atoms with Gasteiger partial charge in [-0.25, -0.2) is 8.78 Å². The summed E-state index contributed by atoms with van der Waals surface area (Å²) in [5.74, 6) is -2.53. The van der Waals surface area contributed by atoms with E-state index in [1.54, 1.807) is 12.1 Å². The average molecular weight is 487 g/mol. The first-order valence-corrected chi connectivity index (χ1v) is 10.7. The van der Waals surface area contributed by atoms with Crippen LogP contribution >= 0.6 is 11.6 Å². The third kappa shape index (κ3) is 4.05. The number of amides is 2. The van der Waals surface area contributed by atoms with Crippen molar-refractivity contribution in [2.75, 3.05) is 26.6 Å². The Hall–Kier alpha value is -3.65. The van der Waals surface area contributed by atoms with Crippen molar-refractivity contribution >= 4 is 29.1 Å². The van der Waals surface area contributed by atoms with Crippen LogP contribution in [-0.2, 0) is 4.79 Å². The number of halogens is 3. The van der Waals surface area contributed by atoms with Gasteiger partial charge in [0.1, 0.15) is 11.6 Å². The third-order valence-corrected chi connectivity index (χ3v) is 6.16. The molecule has 1 heterocycles. The van der Waals surface area contributed by atoms with Gasteiger partial charge >= 0.3 is 0 Å². The summed E-state index contributed by atoms with van der Waals surface area (Å²) < 4.78 is 39.2.